The molecule has 0 aliphatic heterocycles. The number of rotatable bonds is 8. The highest BCUT2D eigenvalue weighted by molar-refractivity contribution is 5.78. The molecule has 0 bridgehead atoms. The van der Waals surface area contributed by atoms with Gasteiger partial charge in [0.05, 0.1) is 12.2 Å². The van der Waals surface area contributed by atoms with Gasteiger partial charge >= 0.3 is 0 Å². The lowest BCUT2D eigenvalue weighted by Gasteiger charge is -2.16. The molecule has 0 radical (unpaired) electrons. The zero-order chi connectivity index (χ0) is 25.1. The summed E-state index contributed by atoms with van der Waals surface area (Å²) in [5.41, 5.74) is 5.31. The smallest absolute Gasteiger partial charge is 0.207 e. The van der Waals surface area contributed by atoms with Gasteiger partial charge in [-0.05, 0) is 63.0 Å². The van der Waals surface area contributed by atoms with Crippen LogP contribution in [0, 0.1) is 0 Å². The summed E-state index contributed by atoms with van der Waals surface area (Å²) in [6.07, 6.45) is 1.71. The van der Waals surface area contributed by atoms with E-state index in [1.807, 2.05) is 27.8 Å². The molecule has 0 aromatic heterocycles. The van der Waals surface area contributed by atoms with Crippen molar-refractivity contribution in [2.75, 3.05) is 47.8 Å². The standard InChI is InChI=1S/C15H14O.C5H12N2O.C5H12O2.CH4O/c1-16-10-15-13-8-4-2-6-11(13)12-7-3-5-9-14(12)15;1-6-3-2-4-7-5-8;1-5(2,3)7-4-6;1-2/h2-9,15H,10H2,1H3;5-6H,2-4H2,1H3,(H,7,8);6H,4H2,1-3H3;2H,1H3. The molecule has 33 heavy (non-hydrogen) atoms. The minimum Gasteiger partial charge on any atom is -0.400 e. The van der Waals surface area contributed by atoms with Gasteiger partial charge in [0, 0.05) is 26.7 Å². The lowest BCUT2D eigenvalue weighted by Crippen LogP contribution is -2.19. The van der Waals surface area contributed by atoms with Gasteiger partial charge in [-0.3, -0.25) is 4.79 Å². The highest BCUT2D eigenvalue weighted by Gasteiger charge is 2.27. The number of aliphatic hydroxyl groups excluding tert-OH is 2. The van der Waals surface area contributed by atoms with Gasteiger partial charge in [0.2, 0.25) is 6.41 Å². The normalized spacial score (nSPS) is 11.4. The Morgan fingerprint density at radius 3 is 1.85 bits per heavy atom. The van der Waals surface area contributed by atoms with E-state index in [1.165, 1.54) is 22.3 Å². The zero-order valence-electron chi connectivity index (χ0n) is 20.9. The molecule has 0 unspecified atom stereocenters. The molecule has 1 aliphatic carbocycles. The molecular formula is C26H42N2O5. The highest BCUT2D eigenvalue weighted by Crippen LogP contribution is 2.44. The Labute approximate surface area is 199 Å². The van der Waals surface area contributed by atoms with Crippen molar-refractivity contribution in [2.24, 2.45) is 0 Å². The molecule has 4 N–H and O–H groups in total. The van der Waals surface area contributed by atoms with Crippen LogP contribution in [0.15, 0.2) is 48.5 Å². The maximum absolute atomic E-state index is 9.64. The third-order valence-corrected chi connectivity index (χ3v) is 4.62. The third kappa shape index (κ3) is 11.9. The number of hydrogen-bond acceptors (Lipinski definition) is 6. The van der Waals surface area contributed by atoms with E-state index in [0.717, 1.165) is 39.6 Å². The van der Waals surface area contributed by atoms with Crippen molar-refractivity contribution in [1.29, 1.82) is 0 Å². The van der Waals surface area contributed by atoms with E-state index in [2.05, 4.69) is 59.2 Å². The second kappa shape index (κ2) is 18.2. The summed E-state index contributed by atoms with van der Waals surface area (Å²) >= 11 is 0. The zero-order valence-corrected chi connectivity index (χ0v) is 20.9. The largest absolute Gasteiger partial charge is 0.400 e. The number of aliphatic hydroxyl groups is 2. The van der Waals surface area contributed by atoms with Crippen molar-refractivity contribution in [3.05, 3.63) is 59.7 Å². The van der Waals surface area contributed by atoms with Gasteiger partial charge < -0.3 is 30.3 Å². The number of nitrogens with one attached hydrogen (secondary N) is 2. The van der Waals surface area contributed by atoms with E-state index < -0.39 is 0 Å². The Morgan fingerprint density at radius 2 is 1.48 bits per heavy atom. The highest BCUT2D eigenvalue weighted by atomic mass is 16.6. The van der Waals surface area contributed by atoms with Gasteiger partial charge in [0.25, 0.3) is 0 Å². The average Bonchev–Trinajstić information content (AvgIpc) is 3.13. The van der Waals surface area contributed by atoms with Crippen molar-refractivity contribution in [3.8, 4) is 11.1 Å². The number of ether oxygens (including phenoxy) is 2. The Kier molecular flexibility index (Phi) is 16.9. The molecule has 2 aromatic carbocycles. The molecule has 3 rings (SSSR count). The van der Waals surface area contributed by atoms with E-state index in [9.17, 15) is 4.79 Å². The fraction of sp³-hybridized carbons (Fsp3) is 0.500. The van der Waals surface area contributed by atoms with Crippen LogP contribution in [0.5, 0.6) is 0 Å². The first-order chi connectivity index (χ1) is 15.9. The molecule has 0 saturated carbocycles. The number of carbonyl (C=O) groups excluding carboxylic acids is 1. The van der Waals surface area contributed by atoms with Crippen LogP contribution in [0.2, 0.25) is 0 Å². The summed E-state index contributed by atoms with van der Waals surface area (Å²) in [7, 11) is 4.66. The predicted octanol–water partition coefficient (Wildman–Crippen LogP) is 3.15. The first-order valence-electron chi connectivity index (χ1n) is 11.1. The molecule has 1 aliphatic rings. The summed E-state index contributed by atoms with van der Waals surface area (Å²) in [6.45, 7) is 7.97. The van der Waals surface area contributed by atoms with Crippen LogP contribution in [-0.2, 0) is 14.3 Å². The van der Waals surface area contributed by atoms with Crippen LogP contribution in [0.4, 0.5) is 0 Å². The van der Waals surface area contributed by atoms with E-state index in [1.54, 1.807) is 7.11 Å². The van der Waals surface area contributed by atoms with Crippen LogP contribution >= 0.6 is 0 Å². The summed E-state index contributed by atoms with van der Waals surface area (Å²) in [5, 5.41) is 20.7. The Hall–Kier alpha value is -2.29. The molecule has 7 nitrogen and oxygen atoms in total. The maximum atomic E-state index is 9.64. The summed E-state index contributed by atoms with van der Waals surface area (Å²) in [5.74, 6) is 0.400. The van der Waals surface area contributed by atoms with Gasteiger partial charge in [0.15, 0.2) is 0 Å². The SMILES string of the molecule is CC(C)(C)OCO.CNCCCNC=O.CO.COCC1c2ccccc2-c2ccccc21. The number of hydrogen-bond donors (Lipinski definition) is 4. The molecule has 0 fully saturated rings. The number of amides is 1. The van der Waals surface area contributed by atoms with Crippen LogP contribution in [0.1, 0.15) is 44.2 Å². The predicted molar refractivity (Wildman–Crippen MR) is 134 cm³/mol. The van der Waals surface area contributed by atoms with Crippen molar-refractivity contribution in [1.82, 2.24) is 10.6 Å². The summed E-state index contributed by atoms with van der Waals surface area (Å²) < 4.78 is 10.1. The van der Waals surface area contributed by atoms with Crippen molar-refractivity contribution < 1.29 is 24.5 Å². The minimum atomic E-state index is -0.200. The molecule has 2 aromatic rings. The van der Waals surface area contributed by atoms with Crippen molar-refractivity contribution in [3.63, 3.8) is 0 Å². The topological polar surface area (TPSA) is 100 Å². The summed E-state index contributed by atoms with van der Waals surface area (Å²) in [6, 6.07) is 17.2. The van der Waals surface area contributed by atoms with E-state index in [4.69, 9.17) is 19.7 Å². The van der Waals surface area contributed by atoms with Gasteiger partial charge in [-0.15, -0.1) is 0 Å². The van der Waals surface area contributed by atoms with Crippen molar-refractivity contribution in [2.45, 2.75) is 38.7 Å². The molecule has 0 spiro atoms. The van der Waals surface area contributed by atoms with Gasteiger partial charge in [-0.25, -0.2) is 0 Å². The van der Waals surface area contributed by atoms with Crippen LogP contribution in [-0.4, -0.2) is 70.0 Å². The van der Waals surface area contributed by atoms with Crippen molar-refractivity contribution >= 4 is 6.41 Å². The summed E-state index contributed by atoms with van der Waals surface area (Å²) in [4.78, 5) is 9.64. The van der Waals surface area contributed by atoms with Crippen LogP contribution in [0.25, 0.3) is 11.1 Å². The Balaban J connectivity index is 0.000000513. The van der Waals surface area contributed by atoms with Gasteiger partial charge in [-0.2, -0.15) is 0 Å². The number of methoxy groups -OCH3 is 1. The van der Waals surface area contributed by atoms with E-state index in [0.29, 0.717) is 5.92 Å². The molecule has 186 valence electrons. The second-order valence-corrected chi connectivity index (χ2v) is 8.10. The van der Waals surface area contributed by atoms with Crippen LogP contribution < -0.4 is 10.6 Å². The fourth-order valence-corrected chi connectivity index (χ4v) is 3.23. The lowest BCUT2D eigenvalue weighted by molar-refractivity contribution is -0.109. The third-order valence-electron chi connectivity index (χ3n) is 4.62. The first kappa shape index (κ1) is 30.7. The number of carbonyl (C=O) groups is 1. The van der Waals surface area contributed by atoms with Gasteiger partial charge in [0.1, 0.15) is 6.79 Å². The Bertz CT molecular complexity index is 717. The molecule has 1 amide bonds. The Morgan fingerprint density at radius 1 is 0.970 bits per heavy atom. The molecule has 0 heterocycles. The molecule has 0 saturated heterocycles. The fourth-order valence-electron chi connectivity index (χ4n) is 3.23. The van der Waals surface area contributed by atoms with Gasteiger partial charge in [-0.1, -0.05) is 48.5 Å². The average molecular weight is 463 g/mol. The number of benzene rings is 2. The first-order valence-corrected chi connectivity index (χ1v) is 11.1. The molecule has 0 atom stereocenters. The van der Waals surface area contributed by atoms with E-state index >= 15 is 0 Å². The molecular weight excluding hydrogens is 420 g/mol. The lowest BCUT2D eigenvalue weighted by atomic mass is 9.98. The maximum Gasteiger partial charge on any atom is 0.207 e. The van der Waals surface area contributed by atoms with E-state index in [-0.39, 0.29) is 12.4 Å². The van der Waals surface area contributed by atoms with Crippen LogP contribution in [0.3, 0.4) is 0 Å². The minimum absolute atomic E-state index is 0.191. The second-order valence-electron chi connectivity index (χ2n) is 8.10. The number of fused-ring (bicyclic) bond motifs is 3. The molecule has 7 heteroatoms. The quantitative estimate of drug-likeness (QED) is 0.273. The monoisotopic (exact) mass is 462 g/mol.